The number of aliphatic imine (C=N–C) groups is 1. The molecule has 1 aliphatic carbocycles. The quantitative estimate of drug-likeness (QED) is 0.582. The van der Waals surface area contributed by atoms with Crippen LogP contribution >= 0.6 is 0 Å². The van der Waals surface area contributed by atoms with E-state index in [1.54, 1.807) is 6.20 Å². The standard InChI is InChI=1S/C15H20N2O2/c1-15(2)8-12(18)11(13(19)9-15)10-17-14-6-4-3-5-7-16-14/h5,7,10H,3-4,6,8-9H2,1-2H3,(H,16,17). The molecular formula is C15H20N2O2. The van der Waals surface area contributed by atoms with Gasteiger partial charge in [0.2, 0.25) is 0 Å². The van der Waals surface area contributed by atoms with Gasteiger partial charge in [0.1, 0.15) is 5.84 Å². The minimum Gasteiger partial charge on any atom is -0.349 e. The summed E-state index contributed by atoms with van der Waals surface area (Å²) in [5.74, 6) is 0.670. The lowest BCUT2D eigenvalue weighted by Gasteiger charge is -2.28. The second-order valence-corrected chi connectivity index (χ2v) is 5.92. The van der Waals surface area contributed by atoms with Crippen molar-refractivity contribution in [3.63, 3.8) is 0 Å². The minimum absolute atomic E-state index is 0.0708. The Morgan fingerprint density at radius 3 is 2.63 bits per heavy atom. The summed E-state index contributed by atoms with van der Waals surface area (Å²) in [5, 5.41) is 3.01. The number of Topliss-reactive ketones (excluding diaryl/α,β-unsaturated/α-hetero) is 2. The maximum atomic E-state index is 12.0. The van der Waals surface area contributed by atoms with E-state index in [9.17, 15) is 9.59 Å². The maximum Gasteiger partial charge on any atom is 0.168 e. The molecule has 4 heteroatoms. The molecule has 2 aliphatic rings. The molecule has 4 nitrogen and oxygen atoms in total. The van der Waals surface area contributed by atoms with Crippen LogP contribution in [0.3, 0.4) is 0 Å². The Labute approximate surface area is 113 Å². The lowest BCUT2D eigenvalue weighted by molar-refractivity contribution is -0.127. The molecule has 0 radical (unpaired) electrons. The summed E-state index contributed by atoms with van der Waals surface area (Å²) in [6.07, 6.45) is 9.06. The van der Waals surface area contributed by atoms with Crippen molar-refractivity contribution in [1.29, 1.82) is 0 Å². The highest BCUT2D eigenvalue weighted by molar-refractivity contribution is 6.22. The Balaban J connectivity index is 2.07. The molecule has 0 amide bonds. The van der Waals surface area contributed by atoms with Crippen molar-refractivity contribution < 1.29 is 9.59 Å². The summed E-state index contributed by atoms with van der Waals surface area (Å²) in [6.45, 7) is 3.90. The zero-order valence-corrected chi connectivity index (χ0v) is 11.5. The molecule has 102 valence electrons. The van der Waals surface area contributed by atoms with E-state index in [0.29, 0.717) is 12.8 Å². The first-order chi connectivity index (χ1) is 8.98. The van der Waals surface area contributed by atoms with Crippen LogP contribution in [0.4, 0.5) is 0 Å². The van der Waals surface area contributed by atoms with Crippen LogP contribution in [0.25, 0.3) is 0 Å². The average molecular weight is 260 g/mol. The van der Waals surface area contributed by atoms with Crippen LogP contribution < -0.4 is 5.32 Å². The maximum absolute atomic E-state index is 12.0. The highest BCUT2D eigenvalue weighted by atomic mass is 16.1. The topological polar surface area (TPSA) is 58.5 Å². The van der Waals surface area contributed by atoms with Crippen LogP contribution in [-0.2, 0) is 9.59 Å². The van der Waals surface area contributed by atoms with Gasteiger partial charge in [0.15, 0.2) is 11.6 Å². The number of allylic oxidation sites excluding steroid dienone is 2. The van der Waals surface area contributed by atoms with Crippen LogP contribution in [0.15, 0.2) is 29.0 Å². The van der Waals surface area contributed by atoms with Gasteiger partial charge in [-0.05, 0) is 18.3 Å². The summed E-state index contributed by atoms with van der Waals surface area (Å²) in [5.41, 5.74) is 0.0731. The summed E-state index contributed by atoms with van der Waals surface area (Å²) < 4.78 is 0. The van der Waals surface area contributed by atoms with E-state index >= 15 is 0 Å². The highest BCUT2D eigenvalue weighted by Gasteiger charge is 2.35. The van der Waals surface area contributed by atoms with E-state index in [4.69, 9.17) is 0 Å². The molecule has 1 fully saturated rings. The van der Waals surface area contributed by atoms with Gasteiger partial charge in [-0.3, -0.25) is 9.59 Å². The molecule has 1 saturated carbocycles. The number of hydrogen-bond donors (Lipinski definition) is 1. The number of carbonyl (C=O) groups is 2. The van der Waals surface area contributed by atoms with Gasteiger partial charge < -0.3 is 5.32 Å². The van der Waals surface area contributed by atoms with Gasteiger partial charge in [0.25, 0.3) is 0 Å². The number of carbonyl (C=O) groups excluding carboxylic acids is 2. The van der Waals surface area contributed by atoms with Crippen LogP contribution in [0.1, 0.15) is 46.0 Å². The van der Waals surface area contributed by atoms with Crippen molar-refractivity contribution in [2.24, 2.45) is 10.4 Å². The fourth-order valence-corrected chi connectivity index (χ4v) is 2.37. The molecule has 19 heavy (non-hydrogen) atoms. The predicted octanol–water partition coefficient (Wildman–Crippen LogP) is 2.51. The molecule has 1 N–H and O–H groups in total. The SMILES string of the molecule is CC1(C)CC(=O)C(=CNC2=NC=CCCC2)C(=O)C1. The highest BCUT2D eigenvalue weighted by Crippen LogP contribution is 2.33. The first-order valence-electron chi connectivity index (χ1n) is 6.73. The molecule has 1 heterocycles. The van der Waals surface area contributed by atoms with Crippen LogP contribution in [-0.4, -0.2) is 17.4 Å². The van der Waals surface area contributed by atoms with Gasteiger partial charge in [-0.15, -0.1) is 0 Å². The monoisotopic (exact) mass is 260 g/mol. The lowest BCUT2D eigenvalue weighted by Crippen LogP contribution is -2.33. The third-order valence-electron chi connectivity index (χ3n) is 3.38. The Kier molecular flexibility index (Phi) is 3.98. The van der Waals surface area contributed by atoms with E-state index in [-0.39, 0.29) is 22.6 Å². The Hall–Kier alpha value is -1.71. The van der Waals surface area contributed by atoms with Crippen molar-refractivity contribution in [2.75, 3.05) is 0 Å². The third-order valence-corrected chi connectivity index (χ3v) is 3.38. The smallest absolute Gasteiger partial charge is 0.168 e. The van der Waals surface area contributed by atoms with E-state index < -0.39 is 0 Å². The summed E-state index contributed by atoms with van der Waals surface area (Å²) in [7, 11) is 0. The number of amidine groups is 1. The summed E-state index contributed by atoms with van der Waals surface area (Å²) in [4.78, 5) is 28.2. The second-order valence-electron chi connectivity index (χ2n) is 5.92. The molecule has 0 spiro atoms. The van der Waals surface area contributed by atoms with Crippen LogP contribution in [0.5, 0.6) is 0 Å². The molecule has 2 rings (SSSR count). The number of ketones is 2. The van der Waals surface area contributed by atoms with Crippen molar-refractivity contribution in [2.45, 2.75) is 46.0 Å². The van der Waals surface area contributed by atoms with Gasteiger partial charge >= 0.3 is 0 Å². The first-order valence-corrected chi connectivity index (χ1v) is 6.73. The molecule has 0 saturated heterocycles. The molecular weight excluding hydrogens is 240 g/mol. The average Bonchev–Trinajstić information content (AvgIpc) is 2.54. The Morgan fingerprint density at radius 2 is 1.95 bits per heavy atom. The lowest BCUT2D eigenvalue weighted by atomic mass is 9.74. The number of rotatable bonds is 1. The fraction of sp³-hybridized carbons (Fsp3) is 0.533. The van der Waals surface area contributed by atoms with Gasteiger partial charge in [-0.25, -0.2) is 4.99 Å². The van der Waals surface area contributed by atoms with Crippen molar-refractivity contribution >= 4 is 17.4 Å². The van der Waals surface area contributed by atoms with Gasteiger partial charge in [0, 0.05) is 31.7 Å². The molecule has 1 aliphatic heterocycles. The van der Waals surface area contributed by atoms with Crippen LogP contribution in [0.2, 0.25) is 0 Å². The summed E-state index contributed by atoms with van der Waals surface area (Å²) >= 11 is 0. The van der Waals surface area contributed by atoms with E-state index in [0.717, 1.165) is 25.1 Å². The summed E-state index contributed by atoms with van der Waals surface area (Å²) in [6, 6.07) is 0. The minimum atomic E-state index is -0.214. The van der Waals surface area contributed by atoms with Crippen molar-refractivity contribution in [1.82, 2.24) is 5.32 Å². The largest absolute Gasteiger partial charge is 0.349 e. The second kappa shape index (κ2) is 5.51. The van der Waals surface area contributed by atoms with Gasteiger partial charge in [-0.2, -0.15) is 0 Å². The van der Waals surface area contributed by atoms with Crippen LogP contribution in [0, 0.1) is 5.41 Å². The van der Waals surface area contributed by atoms with E-state index in [1.165, 1.54) is 6.20 Å². The molecule has 0 aromatic carbocycles. The zero-order valence-electron chi connectivity index (χ0n) is 11.5. The zero-order chi connectivity index (χ0) is 13.9. The van der Waals surface area contributed by atoms with Gasteiger partial charge in [-0.1, -0.05) is 19.9 Å². The normalized spacial score (nSPS) is 22.8. The third kappa shape index (κ3) is 3.63. The molecule has 0 bridgehead atoms. The van der Waals surface area contributed by atoms with Crippen molar-refractivity contribution in [3.05, 3.63) is 24.0 Å². The number of hydrogen-bond acceptors (Lipinski definition) is 4. The predicted molar refractivity (Wildman–Crippen MR) is 74.7 cm³/mol. The molecule has 0 aromatic rings. The Bertz CT molecular complexity index is 462. The first kappa shape index (κ1) is 13.7. The van der Waals surface area contributed by atoms with Gasteiger partial charge in [0.05, 0.1) is 5.57 Å². The fourth-order valence-electron chi connectivity index (χ4n) is 2.37. The Morgan fingerprint density at radius 1 is 1.26 bits per heavy atom. The number of nitrogens with zero attached hydrogens (tertiary/aromatic N) is 1. The van der Waals surface area contributed by atoms with E-state index in [2.05, 4.69) is 10.3 Å². The molecule has 0 aromatic heterocycles. The van der Waals surface area contributed by atoms with E-state index in [1.807, 2.05) is 19.9 Å². The molecule has 0 unspecified atom stereocenters. The van der Waals surface area contributed by atoms with Crippen molar-refractivity contribution in [3.8, 4) is 0 Å². The number of nitrogens with one attached hydrogen (secondary N) is 1. The molecule has 0 atom stereocenters.